The molecule has 0 aromatic heterocycles. The van der Waals surface area contributed by atoms with Gasteiger partial charge in [-0.2, -0.15) is 0 Å². The zero-order valence-electron chi connectivity index (χ0n) is 16.7. The number of benzene rings is 3. The lowest BCUT2D eigenvalue weighted by Gasteiger charge is -2.25. The molecule has 3 aromatic rings. The first-order valence-corrected chi connectivity index (χ1v) is 9.79. The number of carbonyl (C=O) groups is 2. The first-order chi connectivity index (χ1) is 13.3. The Morgan fingerprint density at radius 1 is 0.464 bits per heavy atom. The van der Waals surface area contributed by atoms with Crippen molar-refractivity contribution in [3.8, 4) is 0 Å². The van der Waals surface area contributed by atoms with Crippen molar-refractivity contribution < 1.29 is 9.59 Å². The van der Waals surface area contributed by atoms with E-state index in [1.807, 2.05) is 38.1 Å². The van der Waals surface area contributed by atoms with E-state index in [-0.39, 0.29) is 11.6 Å². The maximum atomic E-state index is 13.2. The van der Waals surface area contributed by atoms with Crippen molar-refractivity contribution in [3.05, 3.63) is 103 Å². The molecule has 3 aromatic carbocycles. The summed E-state index contributed by atoms with van der Waals surface area (Å²) >= 11 is 0. The van der Waals surface area contributed by atoms with Crippen LogP contribution in [0, 0.1) is 27.7 Å². The Bertz CT molecular complexity index is 1130. The number of carbonyl (C=O) groups excluding carboxylic acids is 2. The maximum absolute atomic E-state index is 13.2. The minimum absolute atomic E-state index is 0.0838. The van der Waals surface area contributed by atoms with Crippen molar-refractivity contribution in [1.82, 2.24) is 0 Å². The third-order valence-corrected chi connectivity index (χ3v) is 6.51. The van der Waals surface area contributed by atoms with Crippen LogP contribution in [0.2, 0.25) is 0 Å². The average Bonchev–Trinajstić information content (AvgIpc) is 2.65. The predicted octanol–water partition coefficient (Wildman–Crippen LogP) is 5.19. The molecule has 138 valence electrons. The van der Waals surface area contributed by atoms with Crippen molar-refractivity contribution in [2.24, 2.45) is 0 Å². The number of hydrogen-bond acceptors (Lipinski definition) is 2. The molecule has 0 saturated carbocycles. The fraction of sp³-hybridized carbons (Fsp3) is 0.231. The summed E-state index contributed by atoms with van der Waals surface area (Å²) in [6.45, 7) is 8.25. The lowest BCUT2D eigenvalue weighted by atomic mass is 9.77. The number of rotatable bonds is 0. The summed E-state index contributed by atoms with van der Waals surface area (Å²) in [4.78, 5) is 26.4. The third kappa shape index (κ3) is 2.34. The van der Waals surface area contributed by atoms with Gasteiger partial charge in [-0.1, -0.05) is 12.1 Å². The number of ketones is 2. The van der Waals surface area contributed by atoms with Crippen LogP contribution in [-0.4, -0.2) is 11.6 Å². The second-order valence-corrected chi connectivity index (χ2v) is 8.37. The van der Waals surface area contributed by atoms with Crippen LogP contribution in [0.3, 0.4) is 0 Å². The molecule has 0 spiro atoms. The van der Waals surface area contributed by atoms with E-state index < -0.39 is 0 Å². The fourth-order valence-corrected chi connectivity index (χ4v) is 4.57. The minimum Gasteiger partial charge on any atom is -0.289 e. The number of hydrogen-bond donors (Lipinski definition) is 0. The zero-order valence-corrected chi connectivity index (χ0v) is 16.7. The van der Waals surface area contributed by atoms with Gasteiger partial charge >= 0.3 is 0 Å². The Morgan fingerprint density at radius 2 is 0.750 bits per heavy atom. The molecule has 0 amide bonds. The van der Waals surface area contributed by atoms with Gasteiger partial charge < -0.3 is 0 Å². The molecule has 0 heterocycles. The summed E-state index contributed by atoms with van der Waals surface area (Å²) < 4.78 is 0. The summed E-state index contributed by atoms with van der Waals surface area (Å²) in [6, 6.07) is 12.2. The van der Waals surface area contributed by atoms with E-state index in [2.05, 4.69) is 26.0 Å². The van der Waals surface area contributed by atoms with E-state index >= 15 is 0 Å². The summed E-state index contributed by atoms with van der Waals surface area (Å²) in [5.41, 5.74) is 11.9. The normalized spacial score (nSPS) is 14.3. The van der Waals surface area contributed by atoms with Crippen LogP contribution in [-0.2, 0) is 12.8 Å². The second kappa shape index (κ2) is 5.75. The maximum Gasteiger partial charge on any atom is 0.193 e. The van der Waals surface area contributed by atoms with Gasteiger partial charge in [-0.3, -0.25) is 9.59 Å². The molecule has 2 nitrogen and oxygen atoms in total. The van der Waals surface area contributed by atoms with Gasteiger partial charge in [0.15, 0.2) is 11.6 Å². The number of aryl methyl sites for hydroxylation is 4. The summed E-state index contributed by atoms with van der Waals surface area (Å²) in [5, 5.41) is 0. The lowest BCUT2D eigenvalue weighted by molar-refractivity contribution is 0.102. The van der Waals surface area contributed by atoms with Gasteiger partial charge in [0.2, 0.25) is 0 Å². The highest BCUT2D eigenvalue weighted by Gasteiger charge is 2.30. The van der Waals surface area contributed by atoms with Crippen molar-refractivity contribution in [3.63, 3.8) is 0 Å². The minimum atomic E-state index is 0.0838. The molecule has 2 heteroatoms. The molecule has 2 aliphatic carbocycles. The highest BCUT2D eigenvalue weighted by atomic mass is 16.1. The van der Waals surface area contributed by atoms with Crippen LogP contribution in [0.15, 0.2) is 36.4 Å². The summed E-state index contributed by atoms with van der Waals surface area (Å²) in [6.07, 6.45) is 1.41. The average molecular weight is 366 g/mol. The molecular formula is C26H22O2. The Labute approximate surface area is 165 Å². The van der Waals surface area contributed by atoms with Crippen molar-refractivity contribution >= 4 is 11.6 Å². The fourth-order valence-electron chi connectivity index (χ4n) is 4.57. The zero-order chi connectivity index (χ0) is 19.7. The first-order valence-electron chi connectivity index (χ1n) is 9.79. The van der Waals surface area contributed by atoms with Crippen LogP contribution >= 0.6 is 0 Å². The van der Waals surface area contributed by atoms with E-state index in [1.54, 1.807) is 0 Å². The van der Waals surface area contributed by atoms with Crippen molar-refractivity contribution in [1.29, 1.82) is 0 Å². The molecule has 0 aliphatic heterocycles. The van der Waals surface area contributed by atoms with Gasteiger partial charge in [-0.05, 0) is 109 Å². The SMILES string of the molecule is Cc1cc2c(cc1C)C(=O)c1cc3c(cc1C2)C(=O)c1cc(C)c(C)cc1C3. The van der Waals surface area contributed by atoms with Gasteiger partial charge in [-0.15, -0.1) is 0 Å². The summed E-state index contributed by atoms with van der Waals surface area (Å²) in [5.74, 6) is 0.168. The van der Waals surface area contributed by atoms with Crippen molar-refractivity contribution in [2.45, 2.75) is 40.5 Å². The quantitative estimate of drug-likeness (QED) is 0.378. The van der Waals surface area contributed by atoms with Crippen LogP contribution in [0.1, 0.15) is 76.4 Å². The molecule has 0 unspecified atom stereocenters. The summed E-state index contributed by atoms with van der Waals surface area (Å²) in [7, 11) is 0. The first kappa shape index (κ1) is 17.1. The molecule has 0 fully saturated rings. The standard InChI is InChI=1S/C26H22O2/c1-13-5-17-9-19-11-24-20(12-23(19)25(27)21(17)7-15(13)3)10-18-6-14(2)16(4)8-22(18)26(24)28/h5-8,11-12H,9-10H2,1-4H3. The van der Waals surface area contributed by atoms with Gasteiger partial charge in [-0.25, -0.2) is 0 Å². The molecule has 0 N–H and O–H groups in total. The van der Waals surface area contributed by atoms with Crippen LogP contribution in [0.4, 0.5) is 0 Å². The molecular weight excluding hydrogens is 344 g/mol. The smallest absolute Gasteiger partial charge is 0.193 e. The molecule has 28 heavy (non-hydrogen) atoms. The van der Waals surface area contributed by atoms with Gasteiger partial charge in [0, 0.05) is 22.3 Å². The van der Waals surface area contributed by atoms with Crippen molar-refractivity contribution in [2.75, 3.05) is 0 Å². The van der Waals surface area contributed by atoms with Crippen LogP contribution in [0.5, 0.6) is 0 Å². The molecule has 2 aliphatic rings. The van der Waals surface area contributed by atoms with E-state index in [0.717, 1.165) is 55.6 Å². The monoisotopic (exact) mass is 366 g/mol. The highest BCUT2D eigenvalue weighted by Crippen LogP contribution is 2.35. The molecule has 0 atom stereocenters. The Balaban J connectivity index is 1.66. The highest BCUT2D eigenvalue weighted by molar-refractivity contribution is 6.16. The number of fused-ring (bicyclic) bond motifs is 4. The largest absolute Gasteiger partial charge is 0.289 e. The predicted molar refractivity (Wildman–Crippen MR) is 111 cm³/mol. The lowest BCUT2D eigenvalue weighted by Crippen LogP contribution is -2.21. The van der Waals surface area contributed by atoms with Gasteiger partial charge in [0.05, 0.1) is 0 Å². The van der Waals surface area contributed by atoms with E-state index in [9.17, 15) is 9.59 Å². The van der Waals surface area contributed by atoms with E-state index in [4.69, 9.17) is 0 Å². The Hall–Kier alpha value is -3.00. The van der Waals surface area contributed by atoms with Crippen LogP contribution < -0.4 is 0 Å². The third-order valence-electron chi connectivity index (χ3n) is 6.51. The van der Waals surface area contributed by atoms with Crippen LogP contribution in [0.25, 0.3) is 0 Å². The topological polar surface area (TPSA) is 34.1 Å². The molecule has 0 radical (unpaired) electrons. The second-order valence-electron chi connectivity index (χ2n) is 8.37. The molecule has 5 rings (SSSR count). The van der Waals surface area contributed by atoms with E-state index in [1.165, 1.54) is 11.1 Å². The Kier molecular flexibility index (Phi) is 3.51. The Morgan fingerprint density at radius 3 is 1.14 bits per heavy atom. The van der Waals surface area contributed by atoms with Gasteiger partial charge in [0.1, 0.15) is 0 Å². The molecule has 0 saturated heterocycles. The molecule has 0 bridgehead atoms. The van der Waals surface area contributed by atoms with E-state index in [0.29, 0.717) is 12.8 Å². The van der Waals surface area contributed by atoms with Gasteiger partial charge in [0.25, 0.3) is 0 Å².